The van der Waals surface area contributed by atoms with E-state index in [4.69, 9.17) is 0 Å². The molecule has 1 aromatic carbocycles. The summed E-state index contributed by atoms with van der Waals surface area (Å²) in [5.41, 5.74) is 2.09. The molecular weight excluding hydrogens is 258 g/mol. The second kappa shape index (κ2) is 4.96. The Labute approximate surface area is 116 Å². The van der Waals surface area contributed by atoms with Crippen molar-refractivity contribution in [1.29, 1.82) is 0 Å². The Morgan fingerprint density at radius 3 is 2.45 bits per heavy atom. The zero-order chi connectivity index (χ0) is 15.0. The average molecular weight is 275 g/mol. The summed E-state index contributed by atoms with van der Waals surface area (Å²) >= 11 is 0. The highest BCUT2D eigenvalue weighted by Gasteiger charge is 2.22. The third-order valence-electron chi connectivity index (χ3n) is 3.32. The van der Waals surface area contributed by atoms with Crippen LogP contribution in [0.5, 0.6) is 0 Å². The fraction of sp³-hybridized carbons (Fsp3) is 0.357. The minimum absolute atomic E-state index is 0.245. The molecule has 0 amide bonds. The number of hydrogen-bond donors (Lipinski definition) is 1. The van der Waals surface area contributed by atoms with E-state index in [1.807, 2.05) is 26.0 Å². The van der Waals surface area contributed by atoms with Crippen LogP contribution < -0.4 is 5.69 Å². The summed E-state index contributed by atoms with van der Waals surface area (Å²) in [6, 6.07) is 5.24. The van der Waals surface area contributed by atoms with Crippen LogP contribution in [0.25, 0.3) is 5.69 Å². The van der Waals surface area contributed by atoms with E-state index in [2.05, 4.69) is 5.10 Å². The van der Waals surface area contributed by atoms with E-state index in [0.29, 0.717) is 5.69 Å². The molecule has 0 fully saturated rings. The molecule has 0 aliphatic carbocycles. The number of carboxylic acid groups (broad SMARTS) is 1. The Hall–Kier alpha value is -2.37. The van der Waals surface area contributed by atoms with Crippen molar-refractivity contribution < 1.29 is 9.90 Å². The Bertz CT molecular complexity index is 726. The molecule has 6 nitrogen and oxygen atoms in total. The van der Waals surface area contributed by atoms with E-state index in [9.17, 15) is 14.7 Å². The molecule has 106 valence electrons. The van der Waals surface area contributed by atoms with Gasteiger partial charge in [0.15, 0.2) is 0 Å². The van der Waals surface area contributed by atoms with Crippen molar-refractivity contribution >= 4 is 5.97 Å². The second-order valence-electron chi connectivity index (χ2n) is 5.01. The molecule has 0 aliphatic heterocycles. The van der Waals surface area contributed by atoms with Crippen LogP contribution in [0.4, 0.5) is 0 Å². The number of aryl methyl sites for hydroxylation is 1. The van der Waals surface area contributed by atoms with Gasteiger partial charge in [-0.15, -0.1) is 5.10 Å². The highest BCUT2D eigenvalue weighted by molar-refractivity contribution is 5.83. The number of hydrogen-bond acceptors (Lipinski definition) is 3. The Morgan fingerprint density at radius 2 is 1.95 bits per heavy atom. The molecule has 1 N–H and O–H groups in total. The summed E-state index contributed by atoms with van der Waals surface area (Å²) in [5, 5.41) is 13.2. The van der Waals surface area contributed by atoms with E-state index < -0.39 is 11.7 Å². The molecule has 0 spiro atoms. The number of carboxylic acids is 1. The molecule has 1 heterocycles. The maximum Gasteiger partial charge on any atom is 0.374 e. The first-order valence-corrected chi connectivity index (χ1v) is 6.36. The molecule has 0 saturated heterocycles. The van der Waals surface area contributed by atoms with Crippen LogP contribution >= 0.6 is 0 Å². The Kier molecular flexibility index (Phi) is 3.48. The predicted molar refractivity (Wildman–Crippen MR) is 74.6 cm³/mol. The molecule has 0 aliphatic rings. The van der Waals surface area contributed by atoms with Crippen molar-refractivity contribution in [1.82, 2.24) is 14.3 Å². The minimum Gasteiger partial charge on any atom is -0.475 e. The number of aromatic nitrogens is 3. The zero-order valence-corrected chi connectivity index (χ0v) is 11.9. The SMILES string of the molecule is Cc1cccc(-n2nc(C(=O)O)n(C(C)C)c2=O)c1C. The first-order chi connectivity index (χ1) is 9.34. The van der Waals surface area contributed by atoms with Crippen molar-refractivity contribution in [3.8, 4) is 5.69 Å². The van der Waals surface area contributed by atoms with Crippen LogP contribution in [-0.2, 0) is 0 Å². The molecule has 0 saturated carbocycles. The fourth-order valence-electron chi connectivity index (χ4n) is 2.11. The number of aromatic carboxylic acids is 1. The molecule has 20 heavy (non-hydrogen) atoms. The van der Waals surface area contributed by atoms with Crippen LogP contribution in [0.1, 0.15) is 41.6 Å². The van der Waals surface area contributed by atoms with Gasteiger partial charge in [0.25, 0.3) is 0 Å². The monoisotopic (exact) mass is 275 g/mol. The van der Waals surface area contributed by atoms with Gasteiger partial charge in [-0.3, -0.25) is 4.57 Å². The third kappa shape index (κ3) is 2.13. The van der Waals surface area contributed by atoms with E-state index in [-0.39, 0.29) is 11.9 Å². The van der Waals surface area contributed by atoms with Gasteiger partial charge in [-0.2, -0.15) is 4.68 Å². The molecule has 2 aromatic rings. The minimum atomic E-state index is -1.21. The van der Waals surface area contributed by atoms with E-state index >= 15 is 0 Å². The first-order valence-electron chi connectivity index (χ1n) is 6.36. The van der Waals surface area contributed by atoms with Gasteiger partial charge in [0.05, 0.1) is 5.69 Å². The normalized spacial score (nSPS) is 11.1. The van der Waals surface area contributed by atoms with Crippen molar-refractivity contribution in [2.45, 2.75) is 33.7 Å². The highest BCUT2D eigenvalue weighted by Crippen LogP contribution is 2.16. The molecule has 2 rings (SSSR count). The molecule has 0 radical (unpaired) electrons. The number of nitrogens with zero attached hydrogens (tertiary/aromatic N) is 3. The summed E-state index contributed by atoms with van der Waals surface area (Å²) in [6.45, 7) is 7.32. The molecule has 6 heteroatoms. The van der Waals surface area contributed by atoms with Crippen LogP contribution in [0.3, 0.4) is 0 Å². The van der Waals surface area contributed by atoms with Gasteiger partial charge >= 0.3 is 11.7 Å². The van der Waals surface area contributed by atoms with Crippen LogP contribution in [-0.4, -0.2) is 25.4 Å². The van der Waals surface area contributed by atoms with Gasteiger partial charge in [-0.05, 0) is 44.9 Å². The van der Waals surface area contributed by atoms with E-state index in [1.54, 1.807) is 19.9 Å². The fourth-order valence-corrected chi connectivity index (χ4v) is 2.11. The molecule has 1 aromatic heterocycles. The van der Waals surface area contributed by atoms with Gasteiger partial charge in [0.1, 0.15) is 0 Å². The van der Waals surface area contributed by atoms with Gasteiger partial charge in [0.2, 0.25) is 5.82 Å². The Balaban J connectivity index is 2.77. The standard InChI is InChI=1S/C14H17N3O3/c1-8(2)16-12(13(18)19)15-17(14(16)20)11-7-5-6-9(3)10(11)4/h5-8H,1-4H3,(H,18,19). The Morgan fingerprint density at radius 1 is 1.30 bits per heavy atom. The number of benzene rings is 1. The molecule has 0 unspecified atom stereocenters. The van der Waals surface area contributed by atoms with Crippen molar-refractivity contribution in [2.75, 3.05) is 0 Å². The summed E-state index contributed by atoms with van der Waals surface area (Å²) in [4.78, 5) is 23.6. The van der Waals surface area contributed by atoms with E-state index in [1.165, 1.54) is 4.57 Å². The molecule has 0 atom stereocenters. The lowest BCUT2D eigenvalue weighted by atomic mass is 10.1. The summed E-state index contributed by atoms with van der Waals surface area (Å²) in [6.07, 6.45) is 0. The summed E-state index contributed by atoms with van der Waals surface area (Å²) in [7, 11) is 0. The molecular formula is C14H17N3O3. The summed E-state index contributed by atoms with van der Waals surface area (Å²) < 4.78 is 2.34. The molecule has 0 bridgehead atoms. The predicted octanol–water partition coefficient (Wildman–Crippen LogP) is 1.93. The number of rotatable bonds is 3. The van der Waals surface area contributed by atoms with Crippen molar-refractivity contribution in [2.24, 2.45) is 0 Å². The van der Waals surface area contributed by atoms with Crippen LogP contribution in [0.2, 0.25) is 0 Å². The number of carbonyl (C=O) groups is 1. The summed E-state index contributed by atoms with van der Waals surface area (Å²) in [5.74, 6) is -1.45. The lowest BCUT2D eigenvalue weighted by Gasteiger charge is -2.07. The first kappa shape index (κ1) is 14.0. The van der Waals surface area contributed by atoms with Gasteiger partial charge in [-0.25, -0.2) is 9.59 Å². The quantitative estimate of drug-likeness (QED) is 0.928. The maximum absolute atomic E-state index is 12.4. The lowest BCUT2D eigenvalue weighted by Crippen LogP contribution is -2.27. The van der Waals surface area contributed by atoms with Gasteiger partial charge in [-0.1, -0.05) is 12.1 Å². The average Bonchev–Trinajstić information content (AvgIpc) is 2.71. The van der Waals surface area contributed by atoms with Crippen molar-refractivity contribution in [3.05, 3.63) is 45.6 Å². The van der Waals surface area contributed by atoms with Gasteiger partial charge < -0.3 is 5.11 Å². The largest absolute Gasteiger partial charge is 0.475 e. The van der Waals surface area contributed by atoms with Crippen LogP contribution in [0.15, 0.2) is 23.0 Å². The third-order valence-corrected chi connectivity index (χ3v) is 3.32. The second-order valence-corrected chi connectivity index (χ2v) is 5.01. The van der Waals surface area contributed by atoms with Crippen LogP contribution in [0, 0.1) is 13.8 Å². The smallest absolute Gasteiger partial charge is 0.374 e. The van der Waals surface area contributed by atoms with E-state index in [0.717, 1.165) is 15.8 Å². The van der Waals surface area contributed by atoms with Gasteiger partial charge in [0, 0.05) is 6.04 Å². The maximum atomic E-state index is 12.4. The highest BCUT2D eigenvalue weighted by atomic mass is 16.4. The topological polar surface area (TPSA) is 77.1 Å². The lowest BCUT2D eigenvalue weighted by molar-refractivity contribution is 0.0675. The van der Waals surface area contributed by atoms with Crippen molar-refractivity contribution in [3.63, 3.8) is 0 Å². The zero-order valence-electron chi connectivity index (χ0n) is 11.9.